The Kier molecular flexibility index (Phi) is 6.69. The molecule has 1 rings (SSSR count). The SMILES string of the molecule is C#CCCCNC(=O)Nc1cccc(CCC(=O)O)c1. The van der Waals surface area contributed by atoms with Crippen LogP contribution < -0.4 is 10.6 Å². The Hall–Kier alpha value is -2.48. The Morgan fingerprint density at radius 1 is 1.35 bits per heavy atom. The largest absolute Gasteiger partial charge is 0.481 e. The van der Waals surface area contributed by atoms with Gasteiger partial charge in [-0.25, -0.2) is 4.79 Å². The number of unbranched alkanes of at least 4 members (excludes halogenated alkanes) is 1. The van der Waals surface area contributed by atoms with Crippen molar-refractivity contribution in [1.82, 2.24) is 5.32 Å². The summed E-state index contributed by atoms with van der Waals surface area (Å²) in [5.41, 5.74) is 1.51. The van der Waals surface area contributed by atoms with Gasteiger partial charge in [-0.3, -0.25) is 4.79 Å². The molecule has 0 spiro atoms. The molecule has 0 heterocycles. The number of carboxylic acids is 1. The molecule has 1 aromatic carbocycles. The predicted octanol–water partition coefficient (Wildman–Crippen LogP) is 2.24. The fourth-order valence-corrected chi connectivity index (χ4v) is 1.62. The smallest absolute Gasteiger partial charge is 0.319 e. The van der Waals surface area contributed by atoms with Gasteiger partial charge in [-0.1, -0.05) is 12.1 Å². The van der Waals surface area contributed by atoms with Crippen LogP contribution in [0.4, 0.5) is 10.5 Å². The number of aliphatic carboxylic acids is 1. The molecule has 2 amide bonds. The third kappa shape index (κ3) is 6.45. The summed E-state index contributed by atoms with van der Waals surface area (Å²) in [6, 6.07) is 6.84. The maximum absolute atomic E-state index is 11.6. The standard InChI is InChI=1S/C15H18N2O3/c1-2-3-4-10-16-15(20)17-13-7-5-6-12(11-13)8-9-14(18)19/h1,5-7,11H,3-4,8-10H2,(H,18,19)(H2,16,17,20). The topological polar surface area (TPSA) is 78.4 Å². The van der Waals surface area contributed by atoms with Crippen molar-refractivity contribution in [3.8, 4) is 12.3 Å². The Morgan fingerprint density at radius 2 is 2.15 bits per heavy atom. The highest BCUT2D eigenvalue weighted by atomic mass is 16.4. The second kappa shape index (κ2) is 8.59. The van der Waals surface area contributed by atoms with E-state index in [0.29, 0.717) is 25.1 Å². The molecule has 0 atom stereocenters. The molecular formula is C15H18N2O3. The highest BCUT2D eigenvalue weighted by Crippen LogP contribution is 2.12. The van der Waals surface area contributed by atoms with Crippen molar-refractivity contribution in [3.63, 3.8) is 0 Å². The Morgan fingerprint density at radius 3 is 2.85 bits per heavy atom. The molecule has 0 bridgehead atoms. The average molecular weight is 274 g/mol. The summed E-state index contributed by atoms with van der Waals surface area (Å²) < 4.78 is 0. The summed E-state index contributed by atoms with van der Waals surface area (Å²) in [6.45, 7) is 0.523. The van der Waals surface area contributed by atoms with Crippen LogP contribution in [0.1, 0.15) is 24.8 Å². The molecule has 0 radical (unpaired) electrons. The van der Waals surface area contributed by atoms with Crippen molar-refractivity contribution in [2.75, 3.05) is 11.9 Å². The van der Waals surface area contributed by atoms with Crippen molar-refractivity contribution in [3.05, 3.63) is 29.8 Å². The van der Waals surface area contributed by atoms with Gasteiger partial charge in [0.25, 0.3) is 0 Å². The summed E-state index contributed by atoms with van der Waals surface area (Å²) in [5, 5.41) is 14.0. The zero-order valence-electron chi connectivity index (χ0n) is 11.2. The number of amides is 2. The van der Waals surface area contributed by atoms with E-state index in [1.807, 2.05) is 6.07 Å². The van der Waals surface area contributed by atoms with Crippen LogP contribution in [-0.4, -0.2) is 23.7 Å². The van der Waals surface area contributed by atoms with Gasteiger partial charge in [0, 0.05) is 25.1 Å². The van der Waals surface area contributed by atoms with Crippen LogP contribution in [0.15, 0.2) is 24.3 Å². The number of hydrogen-bond acceptors (Lipinski definition) is 2. The van der Waals surface area contributed by atoms with E-state index in [2.05, 4.69) is 16.6 Å². The van der Waals surface area contributed by atoms with Crippen LogP contribution >= 0.6 is 0 Å². The number of rotatable bonds is 7. The molecular weight excluding hydrogens is 256 g/mol. The van der Waals surface area contributed by atoms with Gasteiger partial charge in [-0.15, -0.1) is 12.3 Å². The van der Waals surface area contributed by atoms with Crippen molar-refractivity contribution >= 4 is 17.7 Å². The minimum absolute atomic E-state index is 0.0712. The molecule has 1 aromatic rings. The van der Waals surface area contributed by atoms with Gasteiger partial charge in [0.1, 0.15) is 0 Å². The van der Waals surface area contributed by atoms with Gasteiger partial charge in [0.2, 0.25) is 0 Å². The molecule has 0 aliphatic heterocycles. The van der Waals surface area contributed by atoms with E-state index in [4.69, 9.17) is 11.5 Å². The lowest BCUT2D eigenvalue weighted by Gasteiger charge is -2.08. The van der Waals surface area contributed by atoms with Gasteiger partial charge in [-0.05, 0) is 30.5 Å². The lowest BCUT2D eigenvalue weighted by Crippen LogP contribution is -2.29. The second-order valence-corrected chi connectivity index (χ2v) is 4.28. The first kappa shape index (κ1) is 15.6. The zero-order chi connectivity index (χ0) is 14.8. The average Bonchev–Trinajstić information content (AvgIpc) is 2.42. The summed E-state index contributed by atoms with van der Waals surface area (Å²) in [6.07, 6.45) is 6.99. The van der Waals surface area contributed by atoms with E-state index in [9.17, 15) is 9.59 Å². The number of carbonyl (C=O) groups is 2. The molecule has 3 N–H and O–H groups in total. The fraction of sp³-hybridized carbons (Fsp3) is 0.333. The number of aryl methyl sites for hydroxylation is 1. The maximum Gasteiger partial charge on any atom is 0.319 e. The summed E-state index contributed by atoms with van der Waals surface area (Å²) in [5.74, 6) is 1.66. The highest BCUT2D eigenvalue weighted by Gasteiger charge is 2.03. The van der Waals surface area contributed by atoms with Crippen LogP contribution in [0.25, 0.3) is 0 Å². The van der Waals surface area contributed by atoms with Gasteiger partial charge in [0.05, 0.1) is 0 Å². The van der Waals surface area contributed by atoms with Crippen LogP contribution in [0, 0.1) is 12.3 Å². The molecule has 5 heteroatoms. The minimum atomic E-state index is -0.838. The molecule has 20 heavy (non-hydrogen) atoms. The van der Waals surface area contributed by atoms with Crippen LogP contribution in [-0.2, 0) is 11.2 Å². The van der Waals surface area contributed by atoms with E-state index < -0.39 is 5.97 Å². The van der Waals surface area contributed by atoms with Crippen LogP contribution in [0.2, 0.25) is 0 Å². The number of terminal acetylenes is 1. The Balaban J connectivity index is 2.43. The van der Waals surface area contributed by atoms with E-state index in [-0.39, 0.29) is 12.5 Å². The first-order valence-electron chi connectivity index (χ1n) is 6.41. The summed E-state index contributed by atoms with van der Waals surface area (Å²) >= 11 is 0. The third-order valence-electron chi connectivity index (χ3n) is 2.60. The summed E-state index contributed by atoms with van der Waals surface area (Å²) in [7, 11) is 0. The molecule has 0 aromatic heterocycles. The quantitative estimate of drug-likeness (QED) is 0.527. The number of carboxylic acid groups (broad SMARTS) is 1. The molecule has 106 valence electrons. The monoisotopic (exact) mass is 274 g/mol. The van der Waals surface area contributed by atoms with Crippen molar-refractivity contribution in [2.45, 2.75) is 25.7 Å². The molecule has 0 aliphatic rings. The van der Waals surface area contributed by atoms with E-state index in [1.165, 1.54) is 0 Å². The highest BCUT2D eigenvalue weighted by molar-refractivity contribution is 5.89. The molecule has 0 saturated heterocycles. The van der Waals surface area contributed by atoms with Gasteiger partial charge in [-0.2, -0.15) is 0 Å². The fourth-order valence-electron chi connectivity index (χ4n) is 1.62. The number of carbonyl (C=O) groups excluding carboxylic acids is 1. The second-order valence-electron chi connectivity index (χ2n) is 4.28. The Labute approximate surface area is 118 Å². The number of benzene rings is 1. The Bertz CT molecular complexity index is 506. The lowest BCUT2D eigenvalue weighted by molar-refractivity contribution is -0.136. The predicted molar refractivity (Wildman–Crippen MR) is 77.5 cm³/mol. The maximum atomic E-state index is 11.6. The molecule has 0 aliphatic carbocycles. The van der Waals surface area contributed by atoms with E-state index >= 15 is 0 Å². The number of hydrogen-bond donors (Lipinski definition) is 3. The first-order valence-corrected chi connectivity index (χ1v) is 6.41. The number of anilines is 1. The van der Waals surface area contributed by atoms with Crippen molar-refractivity contribution < 1.29 is 14.7 Å². The normalized spacial score (nSPS) is 9.55. The molecule has 0 saturated carbocycles. The molecule has 0 fully saturated rings. The van der Waals surface area contributed by atoms with E-state index in [1.54, 1.807) is 18.2 Å². The summed E-state index contributed by atoms with van der Waals surface area (Å²) in [4.78, 5) is 22.1. The van der Waals surface area contributed by atoms with E-state index in [0.717, 1.165) is 12.0 Å². The van der Waals surface area contributed by atoms with Crippen LogP contribution in [0.5, 0.6) is 0 Å². The third-order valence-corrected chi connectivity index (χ3v) is 2.60. The molecule has 0 unspecified atom stereocenters. The zero-order valence-corrected chi connectivity index (χ0v) is 11.2. The van der Waals surface area contributed by atoms with Gasteiger partial charge < -0.3 is 15.7 Å². The number of urea groups is 1. The van der Waals surface area contributed by atoms with Crippen LogP contribution in [0.3, 0.4) is 0 Å². The van der Waals surface area contributed by atoms with Crippen molar-refractivity contribution in [2.24, 2.45) is 0 Å². The van der Waals surface area contributed by atoms with Gasteiger partial charge >= 0.3 is 12.0 Å². The first-order chi connectivity index (χ1) is 9.61. The lowest BCUT2D eigenvalue weighted by atomic mass is 10.1. The minimum Gasteiger partial charge on any atom is -0.481 e. The van der Waals surface area contributed by atoms with Gasteiger partial charge in [0.15, 0.2) is 0 Å². The van der Waals surface area contributed by atoms with Crippen molar-refractivity contribution in [1.29, 1.82) is 0 Å². The number of nitrogens with one attached hydrogen (secondary N) is 2. The molecule has 5 nitrogen and oxygen atoms in total.